The molecule has 1 saturated heterocycles. The first-order valence-electron chi connectivity index (χ1n) is 8.49. The van der Waals surface area contributed by atoms with Gasteiger partial charge in [0.15, 0.2) is 0 Å². The smallest absolute Gasteiger partial charge is 0.222 e. The Morgan fingerprint density at radius 1 is 0.958 bits per heavy atom. The molecule has 7 nitrogen and oxygen atoms in total. The van der Waals surface area contributed by atoms with Crippen molar-refractivity contribution in [2.24, 2.45) is 5.73 Å². The lowest BCUT2D eigenvalue weighted by Crippen LogP contribution is -2.47. The van der Waals surface area contributed by atoms with E-state index in [1.807, 2.05) is 12.4 Å². The second kappa shape index (κ2) is 6.24. The maximum absolute atomic E-state index is 5.94. The molecule has 1 aliphatic heterocycles. The molecule has 2 fully saturated rings. The highest BCUT2D eigenvalue weighted by molar-refractivity contribution is 5.50. The van der Waals surface area contributed by atoms with Gasteiger partial charge in [-0.15, -0.1) is 0 Å². The van der Waals surface area contributed by atoms with Gasteiger partial charge in [-0.1, -0.05) is 0 Å². The molecule has 2 aromatic rings. The highest BCUT2D eigenvalue weighted by Crippen LogP contribution is 2.36. The number of pyridine rings is 1. The second-order valence-corrected chi connectivity index (χ2v) is 6.62. The summed E-state index contributed by atoms with van der Waals surface area (Å²) in [4.78, 5) is 17.6. The fourth-order valence-electron chi connectivity index (χ4n) is 3.49. The van der Waals surface area contributed by atoms with E-state index in [0.29, 0.717) is 17.9 Å². The van der Waals surface area contributed by atoms with Gasteiger partial charge >= 0.3 is 0 Å². The van der Waals surface area contributed by atoms with Crippen LogP contribution in [0.2, 0.25) is 0 Å². The van der Waals surface area contributed by atoms with Crippen molar-refractivity contribution < 1.29 is 0 Å². The highest BCUT2D eigenvalue weighted by Gasteiger charge is 2.29. The Hall–Kier alpha value is -2.41. The van der Waals surface area contributed by atoms with Gasteiger partial charge in [0.2, 0.25) is 5.95 Å². The third-order valence-corrected chi connectivity index (χ3v) is 4.97. The molecule has 24 heavy (non-hydrogen) atoms. The van der Waals surface area contributed by atoms with Crippen LogP contribution >= 0.6 is 0 Å². The molecule has 2 aliphatic rings. The summed E-state index contributed by atoms with van der Waals surface area (Å²) in [5, 5.41) is 0. The molecule has 0 amide bonds. The van der Waals surface area contributed by atoms with Crippen molar-refractivity contribution in [1.29, 1.82) is 0 Å². The molecule has 2 aromatic heterocycles. The molecular formula is C17H23N7. The van der Waals surface area contributed by atoms with Gasteiger partial charge in [0.1, 0.15) is 5.82 Å². The summed E-state index contributed by atoms with van der Waals surface area (Å²) in [7, 11) is 0. The zero-order chi connectivity index (χ0) is 16.5. The van der Waals surface area contributed by atoms with E-state index >= 15 is 0 Å². The fourth-order valence-corrected chi connectivity index (χ4v) is 3.49. The number of anilines is 3. The van der Waals surface area contributed by atoms with Crippen LogP contribution in [-0.2, 0) is 0 Å². The van der Waals surface area contributed by atoms with Crippen LogP contribution in [-0.4, -0.2) is 47.2 Å². The molecule has 0 atom stereocenters. The third kappa shape index (κ3) is 2.99. The quantitative estimate of drug-likeness (QED) is 0.868. The lowest BCUT2D eigenvalue weighted by Gasteiger charge is -2.37. The third-order valence-electron chi connectivity index (χ3n) is 4.97. The number of aromatic nitrogens is 3. The van der Waals surface area contributed by atoms with Gasteiger partial charge in [-0.05, 0) is 25.0 Å². The average molecular weight is 325 g/mol. The Morgan fingerprint density at radius 2 is 1.62 bits per heavy atom. The molecule has 3 heterocycles. The van der Waals surface area contributed by atoms with Crippen LogP contribution < -0.4 is 21.3 Å². The standard InChI is InChI=1S/C17H23N7/c18-13-9-12(10-13)15-11-16(22-17(19)21-15)24-7-5-23(6-8-24)14-1-3-20-4-2-14/h1-4,11-13H,5-10,18H2,(H2,19,21,22). The van der Waals surface area contributed by atoms with Crippen LogP contribution in [0.1, 0.15) is 24.5 Å². The normalized spacial score (nSPS) is 23.9. The first kappa shape index (κ1) is 15.1. The Kier molecular flexibility index (Phi) is 3.93. The molecule has 1 saturated carbocycles. The largest absolute Gasteiger partial charge is 0.368 e. The van der Waals surface area contributed by atoms with Crippen LogP contribution in [0.5, 0.6) is 0 Å². The van der Waals surface area contributed by atoms with Gasteiger partial charge in [-0.2, -0.15) is 4.98 Å². The minimum Gasteiger partial charge on any atom is -0.368 e. The van der Waals surface area contributed by atoms with E-state index in [-0.39, 0.29) is 0 Å². The summed E-state index contributed by atoms with van der Waals surface area (Å²) in [5.74, 6) is 1.73. The van der Waals surface area contributed by atoms with Crippen molar-refractivity contribution in [2.45, 2.75) is 24.8 Å². The highest BCUT2D eigenvalue weighted by atomic mass is 15.3. The molecular weight excluding hydrogens is 302 g/mol. The lowest BCUT2D eigenvalue weighted by atomic mass is 9.78. The van der Waals surface area contributed by atoms with Crippen LogP contribution in [0, 0.1) is 0 Å². The van der Waals surface area contributed by atoms with Gasteiger partial charge in [-0.25, -0.2) is 4.98 Å². The van der Waals surface area contributed by atoms with E-state index in [1.54, 1.807) is 0 Å². The summed E-state index contributed by atoms with van der Waals surface area (Å²) >= 11 is 0. The van der Waals surface area contributed by atoms with Gasteiger partial charge in [0, 0.05) is 62.3 Å². The Balaban J connectivity index is 1.45. The van der Waals surface area contributed by atoms with Crippen LogP contribution in [0.4, 0.5) is 17.5 Å². The minimum absolute atomic E-state index is 0.304. The molecule has 0 aromatic carbocycles. The fraction of sp³-hybridized carbons (Fsp3) is 0.471. The van der Waals surface area contributed by atoms with E-state index in [0.717, 1.165) is 50.5 Å². The SMILES string of the molecule is Nc1nc(C2CC(N)C2)cc(N2CCN(c3ccncc3)CC2)n1. The van der Waals surface area contributed by atoms with Crippen molar-refractivity contribution in [3.8, 4) is 0 Å². The monoisotopic (exact) mass is 325 g/mol. The maximum Gasteiger partial charge on any atom is 0.222 e. The van der Waals surface area contributed by atoms with Crippen molar-refractivity contribution in [1.82, 2.24) is 15.0 Å². The van der Waals surface area contributed by atoms with Crippen molar-refractivity contribution in [2.75, 3.05) is 41.7 Å². The van der Waals surface area contributed by atoms with Gasteiger partial charge in [0.25, 0.3) is 0 Å². The number of hydrogen-bond donors (Lipinski definition) is 2. The number of nitrogens with zero attached hydrogens (tertiary/aromatic N) is 5. The van der Waals surface area contributed by atoms with Gasteiger partial charge in [-0.3, -0.25) is 4.98 Å². The molecule has 126 valence electrons. The van der Waals surface area contributed by atoms with Crippen molar-refractivity contribution in [3.05, 3.63) is 36.3 Å². The summed E-state index contributed by atoms with van der Waals surface area (Å²) < 4.78 is 0. The topological polar surface area (TPSA) is 97.2 Å². The van der Waals surface area contributed by atoms with Crippen molar-refractivity contribution in [3.63, 3.8) is 0 Å². The molecule has 4 N–H and O–H groups in total. The van der Waals surface area contributed by atoms with E-state index < -0.39 is 0 Å². The van der Waals surface area contributed by atoms with Crippen LogP contribution in [0.25, 0.3) is 0 Å². The zero-order valence-electron chi connectivity index (χ0n) is 13.7. The summed E-state index contributed by atoms with van der Waals surface area (Å²) in [5.41, 5.74) is 14.1. The van der Waals surface area contributed by atoms with Gasteiger partial charge in [0.05, 0.1) is 5.69 Å². The van der Waals surface area contributed by atoms with Crippen molar-refractivity contribution >= 4 is 17.5 Å². The molecule has 1 aliphatic carbocycles. The van der Waals surface area contributed by atoms with E-state index in [9.17, 15) is 0 Å². The predicted molar refractivity (Wildman–Crippen MR) is 95.1 cm³/mol. The zero-order valence-corrected chi connectivity index (χ0v) is 13.7. The predicted octanol–water partition coefficient (Wildman–Crippen LogP) is 0.985. The second-order valence-electron chi connectivity index (χ2n) is 6.62. The first-order valence-corrected chi connectivity index (χ1v) is 8.49. The molecule has 0 radical (unpaired) electrons. The van der Waals surface area contributed by atoms with E-state index in [4.69, 9.17) is 11.5 Å². The summed E-state index contributed by atoms with van der Waals surface area (Å²) in [6.07, 6.45) is 5.66. The molecule has 0 spiro atoms. The number of nitrogen functional groups attached to an aromatic ring is 1. The average Bonchev–Trinajstić information content (AvgIpc) is 2.59. The summed E-state index contributed by atoms with van der Waals surface area (Å²) in [6.45, 7) is 3.75. The number of nitrogens with two attached hydrogens (primary N) is 2. The molecule has 0 unspecified atom stereocenters. The minimum atomic E-state index is 0.304. The Labute approximate surface area is 141 Å². The molecule has 4 rings (SSSR count). The number of hydrogen-bond acceptors (Lipinski definition) is 7. The van der Waals surface area contributed by atoms with Crippen LogP contribution in [0.15, 0.2) is 30.6 Å². The first-order chi connectivity index (χ1) is 11.7. The van der Waals surface area contributed by atoms with Crippen LogP contribution in [0.3, 0.4) is 0 Å². The van der Waals surface area contributed by atoms with E-state index in [2.05, 4.69) is 43.0 Å². The molecule has 7 heteroatoms. The molecule has 0 bridgehead atoms. The number of rotatable bonds is 3. The Morgan fingerprint density at radius 3 is 2.29 bits per heavy atom. The van der Waals surface area contributed by atoms with E-state index in [1.165, 1.54) is 5.69 Å². The summed E-state index contributed by atoms with van der Waals surface area (Å²) in [6, 6.07) is 6.50. The van der Waals surface area contributed by atoms with Gasteiger partial charge < -0.3 is 21.3 Å². The lowest BCUT2D eigenvalue weighted by molar-refractivity contribution is 0.345. The Bertz CT molecular complexity index is 691. The number of piperazine rings is 1. The maximum atomic E-state index is 5.94.